The Bertz CT molecular complexity index is 3520. The molecule has 1 saturated heterocycles. The maximum Gasteiger partial charge on any atom is 0.297 e. The number of rotatable bonds is 14. The van der Waals surface area contributed by atoms with Crippen LogP contribution in [-0.2, 0) is 38.7 Å². The molecule has 19 heteroatoms. The van der Waals surface area contributed by atoms with Gasteiger partial charge in [-0.3, -0.25) is 14.4 Å². The Kier molecular flexibility index (Phi) is 17.0. The van der Waals surface area contributed by atoms with E-state index in [0.717, 1.165) is 29.5 Å². The highest BCUT2D eigenvalue weighted by atomic mass is 32.2. The van der Waals surface area contributed by atoms with Gasteiger partial charge in [0.1, 0.15) is 31.3 Å². The van der Waals surface area contributed by atoms with Crippen molar-refractivity contribution in [3.8, 4) is 11.5 Å². The molecule has 70 heavy (non-hydrogen) atoms. The van der Waals surface area contributed by atoms with Crippen LogP contribution in [0, 0.1) is 6.92 Å². The Morgan fingerprint density at radius 2 is 1.04 bits per heavy atom. The highest BCUT2D eigenvalue weighted by Crippen LogP contribution is 2.34. The minimum atomic E-state index is -3.92. The van der Waals surface area contributed by atoms with Gasteiger partial charge in [-0.2, -0.15) is 18.6 Å². The monoisotopic (exact) mass is 1010 g/mol. The first-order chi connectivity index (χ1) is 33.9. The van der Waals surface area contributed by atoms with Gasteiger partial charge >= 0.3 is 0 Å². The van der Waals surface area contributed by atoms with Crippen molar-refractivity contribution in [1.29, 1.82) is 0 Å². The highest BCUT2D eigenvalue weighted by Gasteiger charge is 2.27. The zero-order valence-corrected chi connectivity index (χ0v) is 41.2. The molecule has 0 saturated carbocycles. The third kappa shape index (κ3) is 11.8. The standard InChI is InChI=1S/C26H22N2O6S2.C20H19N3O3S.C4H8O.CH5N/c1-18-9-12-21(13-10-18)36(31,32)34-16-15-33-20-11-14-24-23(17-20)26(28-27-24)35(29,30)25-8-4-6-19-5-2-3-7-22(19)25;1-21-11-12-26-15-9-10-18-17(13-15)20(23-22-18)27(24,25)19-8-4-6-14-5-2-3-7-16(14)19;1-2-4-5-3-1;1-2/h2-14,17H,15-16H2,1H3,(H,27,28);2-10,13,21H,11-12H2,1H3,(H,22,23);1-4H2;2H2,1H3. The number of benzene rings is 7. The van der Waals surface area contributed by atoms with Crippen LogP contribution >= 0.6 is 0 Å². The molecule has 9 aromatic rings. The second-order valence-corrected chi connectivity index (χ2v) is 21.0. The van der Waals surface area contributed by atoms with Crippen LogP contribution in [0.15, 0.2) is 170 Å². The Hall–Kier alpha value is -6.71. The summed E-state index contributed by atoms with van der Waals surface area (Å²) in [5, 5.41) is 20.6. The number of ether oxygens (including phenoxy) is 3. The summed E-state index contributed by atoms with van der Waals surface area (Å²) in [5.41, 5.74) is 6.47. The minimum absolute atomic E-state index is 0.0440. The van der Waals surface area contributed by atoms with Crippen molar-refractivity contribution in [3.63, 3.8) is 0 Å². The molecule has 1 aliphatic rings. The number of aromatic nitrogens is 4. The average Bonchev–Trinajstić information content (AvgIpc) is 4.20. The second kappa shape index (κ2) is 23.3. The fourth-order valence-electron chi connectivity index (χ4n) is 7.46. The summed E-state index contributed by atoms with van der Waals surface area (Å²) >= 11 is 0. The van der Waals surface area contributed by atoms with Crippen LogP contribution in [0.1, 0.15) is 18.4 Å². The summed E-state index contributed by atoms with van der Waals surface area (Å²) < 4.78 is 99.8. The van der Waals surface area contributed by atoms with Crippen molar-refractivity contribution in [1.82, 2.24) is 25.7 Å². The lowest BCUT2D eigenvalue weighted by molar-refractivity contribution is 0.198. The lowest BCUT2D eigenvalue weighted by Crippen LogP contribution is -2.15. The van der Waals surface area contributed by atoms with Crippen molar-refractivity contribution >= 4 is 73.1 Å². The van der Waals surface area contributed by atoms with E-state index in [1.54, 1.807) is 84.9 Å². The van der Waals surface area contributed by atoms with E-state index in [4.69, 9.17) is 18.4 Å². The number of nitrogens with zero attached hydrogens (tertiary/aromatic N) is 2. The SMILES string of the molecule is C1CCOC1.CN.CNCCOc1ccc2n[nH]c(S(=O)(=O)c3cccc4ccccc34)c2c1.Cc1ccc(S(=O)(=O)OCCOc2ccc3n[nH]c(S(=O)(=O)c4cccc5ccccc45)c3c2)cc1. The Labute approximate surface area is 407 Å². The lowest BCUT2D eigenvalue weighted by atomic mass is 10.1. The Morgan fingerprint density at radius 3 is 1.51 bits per heavy atom. The van der Waals surface area contributed by atoms with Gasteiger partial charge in [0, 0.05) is 41.3 Å². The molecule has 16 nitrogen and oxygen atoms in total. The molecule has 366 valence electrons. The number of aromatic amines is 2. The number of sulfone groups is 2. The number of hydrogen-bond donors (Lipinski definition) is 4. The van der Waals surface area contributed by atoms with Crippen molar-refractivity contribution in [2.24, 2.45) is 5.73 Å². The van der Waals surface area contributed by atoms with Crippen LogP contribution in [0.25, 0.3) is 43.4 Å². The van der Waals surface area contributed by atoms with Crippen LogP contribution in [0.2, 0.25) is 0 Å². The summed E-state index contributed by atoms with van der Waals surface area (Å²) in [6, 6.07) is 41.5. The highest BCUT2D eigenvalue weighted by molar-refractivity contribution is 7.92. The first-order valence-electron chi connectivity index (χ1n) is 22.3. The fourth-order valence-corrected chi connectivity index (χ4v) is 11.5. The quantitative estimate of drug-likeness (QED) is 0.0595. The van der Waals surface area contributed by atoms with Crippen LogP contribution in [0.3, 0.4) is 0 Å². The molecule has 0 radical (unpaired) electrons. The minimum Gasteiger partial charge on any atom is -0.492 e. The molecule has 0 bridgehead atoms. The predicted octanol–water partition coefficient (Wildman–Crippen LogP) is 8.16. The first kappa shape index (κ1) is 51.1. The van der Waals surface area contributed by atoms with Gasteiger partial charge in [0.05, 0.1) is 25.7 Å². The first-order valence-corrected chi connectivity index (χ1v) is 26.7. The molecule has 1 fully saturated rings. The number of likely N-dealkylation sites (N-methyl/N-ethyl adjacent to an activating group) is 1. The number of nitrogens with two attached hydrogens (primary N) is 1. The van der Waals surface area contributed by atoms with Gasteiger partial charge in [-0.25, -0.2) is 16.8 Å². The Balaban J connectivity index is 0.000000187. The smallest absolute Gasteiger partial charge is 0.297 e. The van der Waals surface area contributed by atoms with E-state index in [-0.39, 0.29) is 38.0 Å². The molecular formula is C51H54N6O10S3. The van der Waals surface area contributed by atoms with Gasteiger partial charge < -0.3 is 25.3 Å². The summed E-state index contributed by atoms with van der Waals surface area (Å²) in [7, 11) is -8.26. The topological polar surface area (TPSA) is 235 Å². The van der Waals surface area contributed by atoms with E-state index in [9.17, 15) is 25.3 Å². The Morgan fingerprint density at radius 1 is 0.571 bits per heavy atom. The average molecular weight is 1010 g/mol. The zero-order valence-electron chi connectivity index (χ0n) is 38.8. The van der Waals surface area contributed by atoms with E-state index in [1.807, 2.05) is 62.5 Å². The number of H-pyrrole nitrogens is 2. The van der Waals surface area contributed by atoms with Gasteiger partial charge in [0.15, 0.2) is 10.1 Å². The number of hydrogen-bond acceptors (Lipinski definition) is 14. The second-order valence-electron chi connectivity index (χ2n) is 15.6. The van der Waals surface area contributed by atoms with Gasteiger partial charge in [-0.05, 0) is 105 Å². The van der Waals surface area contributed by atoms with Gasteiger partial charge in [0.25, 0.3) is 10.1 Å². The molecule has 3 heterocycles. The van der Waals surface area contributed by atoms with Crippen molar-refractivity contribution in [3.05, 3.63) is 151 Å². The van der Waals surface area contributed by atoms with E-state index in [2.05, 4.69) is 31.4 Å². The van der Waals surface area contributed by atoms with Crippen LogP contribution in [-0.4, -0.2) is 99.3 Å². The maximum atomic E-state index is 13.6. The molecule has 7 aromatic carbocycles. The maximum absolute atomic E-state index is 13.6. The lowest BCUT2D eigenvalue weighted by Gasteiger charge is -2.09. The summed E-state index contributed by atoms with van der Waals surface area (Å²) in [4.78, 5) is 0.496. The van der Waals surface area contributed by atoms with E-state index in [1.165, 1.54) is 32.0 Å². The molecular weight excluding hydrogens is 953 g/mol. The summed E-state index contributed by atoms with van der Waals surface area (Å²) in [6.07, 6.45) is 2.56. The molecule has 0 aliphatic carbocycles. The number of fused-ring (bicyclic) bond motifs is 4. The van der Waals surface area contributed by atoms with Crippen molar-refractivity contribution < 1.29 is 43.6 Å². The van der Waals surface area contributed by atoms with E-state index >= 15 is 0 Å². The van der Waals surface area contributed by atoms with E-state index in [0.29, 0.717) is 57.2 Å². The molecule has 5 N–H and O–H groups in total. The summed E-state index contributed by atoms with van der Waals surface area (Å²) in [6.45, 7) is 4.79. The third-order valence-electron chi connectivity index (χ3n) is 10.9. The number of aryl methyl sites for hydroxylation is 1. The predicted molar refractivity (Wildman–Crippen MR) is 270 cm³/mol. The van der Waals surface area contributed by atoms with Crippen LogP contribution < -0.4 is 20.5 Å². The number of nitrogens with one attached hydrogen (secondary N) is 3. The molecule has 0 atom stereocenters. The van der Waals surface area contributed by atoms with E-state index < -0.39 is 29.8 Å². The molecule has 0 unspecified atom stereocenters. The van der Waals surface area contributed by atoms with Crippen molar-refractivity contribution in [2.45, 2.75) is 44.5 Å². The van der Waals surface area contributed by atoms with Crippen LogP contribution in [0.4, 0.5) is 0 Å². The van der Waals surface area contributed by atoms with Gasteiger partial charge in [-0.15, -0.1) is 0 Å². The zero-order chi connectivity index (χ0) is 49.7. The van der Waals surface area contributed by atoms with Gasteiger partial charge in [0.2, 0.25) is 19.7 Å². The fraction of sp³-hybridized carbons (Fsp3) is 0.216. The molecule has 0 spiro atoms. The van der Waals surface area contributed by atoms with Gasteiger partial charge in [-0.1, -0.05) is 90.5 Å². The molecule has 1 aliphatic heterocycles. The van der Waals surface area contributed by atoms with Crippen molar-refractivity contribution in [2.75, 3.05) is 53.7 Å². The normalized spacial score (nSPS) is 12.7. The third-order valence-corrected chi connectivity index (χ3v) is 15.8. The summed E-state index contributed by atoms with van der Waals surface area (Å²) in [5.74, 6) is 0.961. The van der Waals surface area contributed by atoms with Crippen LogP contribution in [0.5, 0.6) is 11.5 Å². The molecule has 2 aromatic heterocycles. The molecule has 0 amide bonds. The molecule has 10 rings (SSSR count). The largest absolute Gasteiger partial charge is 0.492 e.